The summed E-state index contributed by atoms with van der Waals surface area (Å²) in [5.41, 5.74) is 0. The van der Waals surface area contributed by atoms with E-state index in [1.165, 1.54) is 27.2 Å². The van der Waals surface area contributed by atoms with E-state index >= 15 is 0 Å². The summed E-state index contributed by atoms with van der Waals surface area (Å²) in [4.78, 5) is 0.179. The third-order valence-corrected chi connectivity index (χ3v) is 11.9. The molecule has 0 spiro atoms. The molecule has 2 rings (SSSR count). The Bertz CT molecular complexity index is 903. The quantitative estimate of drug-likeness (QED) is 0.331. The fourth-order valence-electron chi connectivity index (χ4n) is 1.47. The van der Waals surface area contributed by atoms with Crippen LogP contribution in [0.15, 0.2) is 48.4 Å². The molecular weight excluding hydrogens is 484 g/mol. The second-order valence-corrected chi connectivity index (χ2v) is 13.1. The second-order valence-electron chi connectivity index (χ2n) is 4.29. The van der Waals surface area contributed by atoms with Gasteiger partial charge in [0.2, 0.25) is 0 Å². The van der Waals surface area contributed by atoms with Gasteiger partial charge in [-0.05, 0) is 0 Å². The van der Waals surface area contributed by atoms with Gasteiger partial charge in [0, 0.05) is 0 Å². The van der Waals surface area contributed by atoms with E-state index in [0.29, 0.717) is 0 Å². The van der Waals surface area contributed by atoms with E-state index in [0.717, 1.165) is 12.1 Å². The van der Waals surface area contributed by atoms with E-state index in [-0.39, 0.29) is 4.86 Å². The third kappa shape index (κ3) is 6.70. The molecule has 26 heavy (non-hydrogen) atoms. The molecule has 0 aliphatic carbocycles. The van der Waals surface area contributed by atoms with Crippen molar-refractivity contribution >= 4 is 39.4 Å². The maximum absolute atomic E-state index is 14.6. The molecule has 0 amide bonds. The predicted octanol–water partition coefficient (Wildman–Crippen LogP) is 9.59. The first-order valence-corrected chi connectivity index (χ1v) is 13.6. The van der Waals surface area contributed by atoms with Crippen LogP contribution in [0.25, 0.3) is 0 Å². The van der Waals surface area contributed by atoms with Crippen LogP contribution in [0.3, 0.4) is 0 Å². The third-order valence-electron chi connectivity index (χ3n) is 2.14. The normalized spacial score (nSPS) is 30.3. The molecule has 0 radical (unpaired) electrons. The van der Waals surface area contributed by atoms with Gasteiger partial charge in [-0.3, -0.25) is 0 Å². The van der Waals surface area contributed by atoms with Crippen LogP contribution in [0.2, 0.25) is 0 Å². The Morgan fingerprint density at radius 3 is 1.96 bits per heavy atom. The van der Waals surface area contributed by atoms with E-state index < -0.39 is 45.2 Å². The molecule has 0 saturated heterocycles. The summed E-state index contributed by atoms with van der Waals surface area (Å²) in [6, 6.07) is 5.67. The van der Waals surface area contributed by atoms with Crippen molar-refractivity contribution in [3.05, 3.63) is 30.3 Å². The molecule has 1 aliphatic heterocycles. The Labute approximate surface area is 141 Å². The van der Waals surface area contributed by atoms with Crippen molar-refractivity contribution in [2.24, 2.45) is 18.1 Å². The Morgan fingerprint density at radius 1 is 0.808 bits per heavy atom. The summed E-state index contributed by atoms with van der Waals surface area (Å²) in [6.45, 7) is 0. The molecule has 1 heterocycles. The van der Waals surface area contributed by atoms with Crippen molar-refractivity contribution < 1.29 is 42.3 Å². The van der Waals surface area contributed by atoms with Crippen molar-refractivity contribution in [2.75, 3.05) is 0 Å². The zero-order valence-corrected chi connectivity index (χ0v) is 16.4. The Morgan fingerprint density at radius 2 is 1.38 bits per heavy atom. The monoisotopic (exact) mass is 491 g/mol. The Hall–Kier alpha value is -0.300. The molecule has 1 unspecified atom stereocenters. The van der Waals surface area contributed by atoms with Crippen molar-refractivity contribution in [3.8, 4) is 5.75 Å². The van der Waals surface area contributed by atoms with E-state index in [2.05, 4.69) is 4.52 Å². The van der Waals surface area contributed by atoms with Gasteiger partial charge in [0.25, 0.3) is 0 Å². The van der Waals surface area contributed by atoms with Crippen LogP contribution in [0.4, 0.5) is 37.8 Å². The first-order valence-electron chi connectivity index (χ1n) is 5.96. The fraction of sp³-hybridized carbons (Fsp3) is 0. The summed E-state index contributed by atoms with van der Waals surface area (Å²) in [6.07, 6.45) is 0. The second kappa shape index (κ2) is 7.26. The zero-order chi connectivity index (χ0) is 19.9. The number of para-hydroxylation sites is 1. The first-order chi connectivity index (χ1) is 11.6. The van der Waals surface area contributed by atoms with Gasteiger partial charge in [0.05, 0.1) is 0 Å². The van der Waals surface area contributed by atoms with Gasteiger partial charge in [-0.1, -0.05) is 0 Å². The zero-order valence-electron chi connectivity index (χ0n) is 11.8. The number of rotatable bonds is 2. The molecule has 1 aliphatic rings. The van der Waals surface area contributed by atoms with Gasteiger partial charge in [-0.25, -0.2) is 0 Å². The van der Waals surface area contributed by atoms with Gasteiger partial charge in [0.1, 0.15) is 0 Å². The summed E-state index contributed by atoms with van der Waals surface area (Å²) >= 11 is 0. The van der Waals surface area contributed by atoms with Crippen LogP contribution in [-0.2, 0) is 0 Å². The number of benzene rings is 1. The molecule has 1 aromatic rings. The van der Waals surface area contributed by atoms with Crippen LogP contribution in [-0.4, -0.2) is 0 Å². The minimum absolute atomic E-state index is 0.179. The van der Waals surface area contributed by atoms with E-state index in [1.807, 2.05) is 9.03 Å². The van der Waals surface area contributed by atoms with Crippen LogP contribution in [0.5, 0.6) is 5.75 Å². The van der Waals surface area contributed by atoms with Gasteiger partial charge in [0.15, 0.2) is 0 Å². The summed E-state index contributed by atoms with van der Waals surface area (Å²) in [5, 5.41) is 0. The van der Waals surface area contributed by atoms with Gasteiger partial charge in [-0.15, -0.1) is 0 Å². The SMILES string of the molecule is FP1(F)=NP(F)(F)=N[PH](F)(F)NP(F)(F)=NP(F)(Oc2ccccc2)=N1. The van der Waals surface area contributed by atoms with E-state index in [1.54, 1.807) is 0 Å². The van der Waals surface area contributed by atoms with Gasteiger partial charge >= 0.3 is 141 Å². The minimum atomic E-state index is -6.99. The number of nitrogens with one attached hydrogen (secondary N) is 1. The molecule has 1 aromatic carbocycles. The topological polar surface area (TPSA) is 70.7 Å². The molecule has 0 fully saturated rings. The van der Waals surface area contributed by atoms with Crippen LogP contribution < -0.4 is 9.38 Å². The molecule has 150 valence electrons. The van der Waals surface area contributed by atoms with Crippen LogP contribution >= 0.6 is 39.4 Å². The predicted molar refractivity (Wildman–Crippen MR) is 85.9 cm³/mol. The van der Waals surface area contributed by atoms with Gasteiger partial charge in [-0.2, -0.15) is 0 Å². The first kappa shape index (κ1) is 22.0. The molecule has 1 N–H and O–H groups in total. The van der Waals surface area contributed by atoms with Crippen molar-refractivity contribution in [3.63, 3.8) is 0 Å². The summed E-state index contributed by atoms with van der Waals surface area (Å²) in [7, 11) is -33.0. The number of hydrogen-bond acceptors (Lipinski definition) is 6. The number of hydrogen-bond donors (Lipinski definition) is 1. The van der Waals surface area contributed by atoms with E-state index in [4.69, 9.17) is 0 Å². The maximum atomic E-state index is 14.6. The van der Waals surface area contributed by atoms with Gasteiger partial charge < -0.3 is 0 Å². The number of halogens is 9. The Balaban J connectivity index is 2.77. The molecule has 0 bridgehead atoms. The average Bonchev–Trinajstić information content (AvgIpc) is 2.30. The fourth-order valence-corrected chi connectivity index (χ4v) is 10.5. The summed E-state index contributed by atoms with van der Waals surface area (Å²) in [5.74, 6) is -0.594. The molecule has 6 nitrogen and oxygen atoms in total. The molecule has 20 heteroatoms. The van der Waals surface area contributed by atoms with Crippen molar-refractivity contribution in [2.45, 2.75) is 0 Å². The van der Waals surface area contributed by atoms with Crippen LogP contribution in [0, 0.1) is 0 Å². The van der Waals surface area contributed by atoms with Crippen molar-refractivity contribution in [1.82, 2.24) is 4.86 Å². The standard InChI is InChI=1S/C6H7F9N5OP5/c7-22(8)16-23(9,10)18-25(13,14)20-26(15,19-24(11,12)17-22)21-6-4-2-1-3-5-6/h1-5,17,22H. The summed E-state index contributed by atoms with van der Waals surface area (Å²) < 4.78 is 133. The Kier molecular flexibility index (Phi) is 6.15. The van der Waals surface area contributed by atoms with Crippen molar-refractivity contribution in [1.29, 1.82) is 0 Å². The van der Waals surface area contributed by atoms with E-state index in [9.17, 15) is 37.8 Å². The molecular formula is C6H7F9N5OP5. The molecule has 0 saturated carbocycles. The molecule has 0 aromatic heterocycles. The molecule has 1 atom stereocenters. The average molecular weight is 491 g/mol. The van der Waals surface area contributed by atoms with Crippen LogP contribution in [0.1, 0.15) is 0 Å². The number of nitrogens with zero attached hydrogens (tertiary/aromatic N) is 4.